The summed E-state index contributed by atoms with van der Waals surface area (Å²) >= 11 is 1.58. The maximum atomic E-state index is 13.4. The third kappa shape index (κ3) is 5.73. The van der Waals surface area contributed by atoms with Crippen LogP contribution in [0, 0.1) is 5.82 Å². The van der Waals surface area contributed by atoms with Gasteiger partial charge in [0.15, 0.2) is 11.5 Å². The summed E-state index contributed by atoms with van der Waals surface area (Å²) in [6.45, 7) is 0.250. The summed E-state index contributed by atoms with van der Waals surface area (Å²) in [5.74, 6) is 0.670. The Morgan fingerprint density at radius 2 is 1.81 bits per heavy atom. The lowest BCUT2D eigenvalue weighted by Gasteiger charge is -2.13. The Labute approximate surface area is 219 Å². The zero-order chi connectivity index (χ0) is 25.6. The second kappa shape index (κ2) is 11.4. The van der Waals surface area contributed by atoms with E-state index in [1.54, 1.807) is 36.8 Å². The first-order chi connectivity index (χ1) is 18.1. The minimum absolute atomic E-state index is 0.142. The topological polar surface area (TPSA) is 59.9 Å². The number of methoxy groups -OCH3 is 1. The molecule has 0 aliphatic heterocycles. The number of ether oxygens (including phenoxy) is 2. The highest BCUT2D eigenvalue weighted by Gasteiger charge is 2.25. The van der Waals surface area contributed by atoms with Crippen LogP contribution in [0.25, 0.3) is 0 Å². The van der Waals surface area contributed by atoms with E-state index in [9.17, 15) is 9.18 Å². The molecule has 0 spiro atoms. The fraction of sp³-hybridized carbons (Fsp3) is 0.200. The number of amides is 1. The Bertz CT molecular complexity index is 1420. The molecular weight excluding hydrogens is 487 g/mol. The average molecular weight is 515 g/mol. The number of rotatable bonds is 8. The minimum Gasteiger partial charge on any atom is -0.493 e. The highest BCUT2D eigenvalue weighted by Crippen LogP contribution is 2.40. The van der Waals surface area contributed by atoms with Crippen LogP contribution in [0.5, 0.6) is 11.5 Å². The number of aryl methyl sites for hydroxylation is 1. The van der Waals surface area contributed by atoms with E-state index in [-0.39, 0.29) is 18.3 Å². The Morgan fingerprint density at radius 1 is 1.03 bits per heavy atom. The van der Waals surface area contributed by atoms with Crippen LogP contribution in [-0.4, -0.2) is 19.2 Å². The van der Waals surface area contributed by atoms with Gasteiger partial charge < -0.3 is 14.8 Å². The van der Waals surface area contributed by atoms with Gasteiger partial charge >= 0.3 is 0 Å². The van der Waals surface area contributed by atoms with Crippen LogP contribution < -0.4 is 14.8 Å². The third-order valence-corrected chi connectivity index (χ3v) is 7.46. The van der Waals surface area contributed by atoms with Gasteiger partial charge in [-0.1, -0.05) is 36.4 Å². The highest BCUT2D eigenvalue weighted by molar-refractivity contribution is 7.16. The fourth-order valence-electron chi connectivity index (χ4n) is 4.41. The number of hydrogen-bond donors (Lipinski definition) is 1. The van der Waals surface area contributed by atoms with Gasteiger partial charge in [-0.05, 0) is 73.2 Å². The lowest BCUT2D eigenvalue weighted by atomic mass is 9.95. The van der Waals surface area contributed by atoms with Crippen molar-refractivity contribution in [2.24, 2.45) is 4.99 Å². The number of nitrogens with zero attached hydrogens (tertiary/aromatic N) is 1. The van der Waals surface area contributed by atoms with E-state index in [1.807, 2.05) is 48.5 Å². The van der Waals surface area contributed by atoms with E-state index in [0.29, 0.717) is 22.1 Å². The molecule has 0 atom stereocenters. The molecule has 5 nitrogen and oxygen atoms in total. The van der Waals surface area contributed by atoms with Crippen molar-refractivity contribution in [3.63, 3.8) is 0 Å². The van der Waals surface area contributed by atoms with Crippen molar-refractivity contribution in [2.75, 3.05) is 12.4 Å². The van der Waals surface area contributed by atoms with Gasteiger partial charge in [0.2, 0.25) is 0 Å². The number of hydrogen-bond acceptors (Lipinski definition) is 5. The molecule has 1 aliphatic rings. The van der Waals surface area contributed by atoms with E-state index in [4.69, 9.17) is 14.5 Å². The smallest absolute Gasteiger partial charge is 0.259 e. The quantitative estimate of drug-likeness (QED) is 0.250. The molecule has 188 valence electrons. The van der Waals surface area contributed by atoms with Gasteiger partial charge in [0, 0.05) is 22.3 Å². The maximum absolute atomic E-state index is 13.4. The third-order valence-electron chi connectivity index (χ3n) is 6.26. The first-order valence-corrected chi connectivity index (χ1v) is 13.0. The van der Waals surface area contributed by atoms with Crippen LogP contribution in [0.1, 0.15) is 44.8 Å². The Morgan fingerprint density at radius 3 is 2.59 bits per heavy atom. The number of carbonyl (C=O) groups is 1. The van der Waals surface area contributed by atoms with Crippen LogP contribution in [0.4, 0.5) is 15.1 Å². The molecule has 3 aromatic carbocycles. The molecule has 5 rings (SSSR count). The number of benzene rings is 3. The monoisotopic (exact) mass is 514 g/mol. The van der Waals surface area contributed by atoms with Crippen molar-refractivity contribution in [3.8, 4) is 11.5 Å². The van der Waals surface area contributed by atoms with E-state index >= 15 is 0 Å². The van der Waals surface area contributed by atoms with E-state index in [0.717, 1.165) is 48.1 Å². The van der Waals surface area contributed by atoms with Crippen LogP contribution in [0.2, 0.25) is 0 Å². The Kier molecular flexibility index (Phi) is 7.61. The summed E-state index contributed by atoms with van der Waals surface area (Å²) < 4.78 is 24.9. The SMILES string of the molecule is COc1cccc(C=Nc2sc3c(c2C(=O)Nc2ccccc2)CCCC3)c1OCc1ccc(F)cc1. The summed E-state index contributed by atoms with van der Waals surface area (Å²) in [5, 5.41) is 3.72. The number of anilines is 1. The number of aliphatic imine (C=N–C) groups is 1. The number of carbonyl (C=O) groups excluding carboxylic acids is 1. The van der Waals surface area contributed by atoms with Gasteiger partial charge in [0.1, 0.15) is 17.4 Å². The van der Waals surface area contributed by atoms with E-state index < -0.39 is 0 Å². The summed E-state index contributed by atoms with van der Waals surface area (Å²) in [6.07, 6.45) is 5.75. The molecular formula is C30H27FN2O3S. The van der Waals surface area contributed by atoms with E-state index in [1.165, 1.54) is 17.0 Å². The molecule has 1 N–H and O–H groups in total. The number of nitrogens with one attached hydrogen (secondary N) is 1. The van der Waals surface area contributed by atoms with Crippen molar-refractivity contribution in [2.45, 2.75) is 32.3 Å². The van der Waals surface area contributed by atoms with Crippen LogP contribution in [0.15, 0.2) is 77.8 Å². The van der Waals surface area contributed by atoms with Gasteiger partial charge in [0.25, 0.3) is 5.91 Å². The average Bonchev–Trinajstić information content (AvgIpc) is 3.31. The van der Waals surface area contributed by atoms with Crippen molar-refractivity contribution in [1.82, 2.24) is 0 Å². The summed E-state index contributed by atoms with van der Waals surface area (Å²) in [7, 11) is 1.58. The van der Waals surface area contributed by atoms with Crippen LogP contribution in [-0.2, 0) is 19.4 Å². The molecule has 1 amide bonds. The zero-order valence-electron chi connectivity index (χ0n) is 20.5. The number of para-hydroxylation sites is 2. The summed E-state index contributed by atoms with van der Waals surface area (Å²) in [6, 6.07) is 21.2. The molecule has 0 saturated carbocycles. The lowest BCUT2D eigenvalue weighted by molar-refractivity contribution is 0.102. The molecule has 0 unspecified atom stereocenters. The number of thiophene rings is 1. The van der Waals surface area contributed by atoms with Crippen LogP contribution >= 0.6 is 11.3 Å². The van der Waals surface area contributed by atoms with Gasteiger partial charge in [-0.2, -0.15) is 0 Å². The second-order valence-corrected chi connectivity index (χ2v) is 9.85. The Balaban J connectivity index is 1.45. The molecule has 4 aromatic rings. The molecule has 0 bridgehead atoms. The molecule has 1 aromatic heterocycles. The van der Waals surface area contributed by atoms with Crippen molar-refractivity contribution < 1.29 is 18.7 Å². The molecule has 1 heterocycles. The predicted octanol–water partition coefficient (Wildman–Crippen LogP) is 7.36. The Hall–Kier alpha value is -3.97. The fourth-order valence-corrected chi connectivity index (χ4v) is 5.64. The zero-order valence-corrected chi connectivity index (χ0v) is 21.3. The number of halogens is 1. The number of fused-ring (bicyclic) bond motifs is 1. The van der Waals surface area contributed by atoms with Gasteiger partial charge in [-0.25, -0.2) is 9.38 Å². The second-order valence-electron chi connectivity index (χ2n) is 8.76. The molecule has 0 radical (unpaired) electrons. The molecule has 1 aliphatic carbocycles. The first kappa shape index (κ1) is 24.7. The molecule has 7 heteroatoms. The molecule has 37 heavy (non-hydrogen) atoms. The van der Waals surface area contributed by atoms with Gasteiger partial charge in [-0.3, -0.25) is 4.79 Å². The lowest BCUT2D eigenvalue weighted by Crippen LogP contribution is -2.14. The first-order valence-electron chi connectivity index (χ1n) is 12.2. The van der Waals surface area contributed by atoms with Crippen molar-refractivity contribution >= 4 is 34.1 Å². The standard InChI is InChI=1S/C30H27FN2O3S/c1-35-25-12-7-8-21(28(25)36-19-20-14-16-22(31)17-15-20)18-32-30-27(24-11-5-6-13-26(24)37-30)29(34)33-23-9-3-2-4-10-23/h2-4,7-10,12,14-18H,5-6,11,13,19H2,1H3,(H,33,34). The molecule has 0 fully saturated rings. The van der Waals surface area contributed by atoms with Crippen LogP contribution in [0.3, 0.4) is 0 Å². The van der Waals surface area contributed by atoms with Crippen molar-refractivity contribution in [1.29, 1.82) is 0 Å². The predicted molar refractivity (Wildman–Crippen MR) is 146 cm³/mol. The van der Waals surface area contributed by atoms with Gasteiger partial charge in [0.05, 0.1) is 12.7 Å². The summed E-state index contributed by atoms with van der Waals surface area (Å²) in [5.41, 5.74) is 4.07. The highest BCUT2D eigenvalue weighted by atomic mass is 32.1. The molecule has 0 saturated heterocycles. The van der Waals surface area contributed by atoms with Gasteiger partial charge in [-0.15, -0.1) is 11.3 Å². The summed E-state index contributed by atoms with van der Waals surface area (Å²) in [4.78, 5) is 19.4. The maximum Gasteiger partial charge on any atom is 0.259 e. The largest absolute Gasteiger partial charge is 0.493 e. The van der Waals surface area contributed by atoms with E-state index in [2.05, 4.69) is 5.32 Å². The van der Waals surface area contributed by atoms with Crippen molar-refractivity contribution in [3.05, 3.63) is 106 Å². The minimum atomic E-state index is -0.292. The normalized spacial score (nSPS) is 12.8.